The molecule has 16 heteroatoms. The highest BCUT2D eigenvalue weighted by Crippen LogP contribution is 2.35. The van der Waals surface area contributed by atoms with Crippen molar-refractivity contribution >= 4 is 41.5 Å². The van der Waals surface area contributed by atoms with Gasteiger partial charge in [0.1, 0.15) is 37.6 Å². The SMILES string of the molecule is O=C(CN1C(=O)C=CC1=O)N[13C@@H]1O[13C@@H]2COC(c3ccc(COC(=O)CCCC[C@@H]4SC[C@@H]5NC(=O)N[C@@H]54)cc3)O[13CH]2[13C@H](O)[13C@H]1O. The largest absolute Gasteiger partial charge is 0.461 e. The van der Waals surface area contributed by atoms with Gasteiger partial charge in [0.05, 0.1) is 18.7 Å². The van der Waals surface area contributed by atoms with Gasteiger partial charge in [0.25, 0.3) is 11.8 Å². The average molecular weight is 666 g/mol. The molecule has 0 spiro atoms. The fourth-order valence-electron chi connectivity index (χ4n) is 6.10. The average Bonchev–Trinajstić information content (AvgIpc) is 3.70. The minimum Gasteiger partial charge on any atom is -0.461 e. The molecule has 4 saturated heterocycles. The van der Waals surface area contributed by atoms with Crippen LogP contribution in [0, 0.1) is 0 Å². The van der Waals surface area contributed by atoms with Gasteiger partial charge in [-0.1, -0.05) is 30.7 Å². The van der Waals surface area contributed by atoms with E-state index >= 15 is 0 Å². The monoisotopic (exact) mass is 665 g/mol. The second-order valence-corrected chi connectivity index (χ2v) is 13.0. The molecule has 0 radical (unpaired) electrons. The number of urea groups is 1. The van der Waals surface area contributed by atoms with Crippen molar-refractivity contribution in [3.8, 4) is 0 Å². The Hall–Kier alpha value is -3.54. The molecule has 5 heterocycles. The summed E-state index contributed by atoms with van der Waals surface area (Å²) >= 11 is 1.85. The Morgan fingerprint density at radius 3 is 2.54 bits per heavy atom. The lowest BCUT2D eigenvalue weighted by atomic mass is 10.0. The third-order valence-corrected chi connectivity index (χ3v) is 10.1. The highest BCUT2D eigenvalue weighted by molar-refractivity contribution is 8.00. The second-order valence-electron chi connectivity index (χ2n) is 11.8. The number of amides is 5. The number of nitrogens with zero attached hydrogens (tertiary/aromatic N) is 1. The lowest BCUT2D eigenvalue weighted by molar-refractivity contribution is -0.330. The maximum Gasteiger partial charge on any atom is 0.315 e. The second kappa shape index (κ2) is 14.1. The van der Waals surface area contributed by atoms with Gasteiger partial charge in [0.2, 0.25) is 5.91 Å². The fourth-order valence-corrected chi connectivity index (χ4v) is 7.64. The Labute approximate surface area is 268 Å². The number of imide groups is 1. The van der Waals surface area contributed by atoms with Crippen LogP contribution in [0.15, 0.2) is 36.4 Å². The summed E-state index contributed by atoms with van der Waals surface area (Å²) in [5.41, 5.74) is 1.41. The number of hydrogen-bond donors (Lipinski definition) is 5. The Kier molecular flexibility index (Phi) is 9.91. The molecule has 5 N–H and O–H groups in total. The number of unbranched alkanes of at least 4 members (excludes halogenated alkanes) is 1. The van der Waals surface area contributed by atoms with Crippen LogP contribution in [0.4, 0.5) is 4.79 Å². The first-order chi connectivity index (χ1) is 22.2. The van der Waals surface area contributed by atoms with E-state index in [1.807, 2.05) is 11.8 Å². The lowest BCUT2D eigenvalue weighted by Crippen LogP contribution is -2.65. The predicted molar refractivity (Wildman–Crippen MR) is 158 cm³/mol. The van der Waals surface area contributed by atoms with Gasteiger partial charge in [0.15, 0.2) is 12.5 Å². The normalized spacial score (nSPS) is 33.3. The van der Waals surface area contributed by atoms with Crippen LogP contribution < -0.4 is 16.0 Å². The summed E-state index contributed by atoms with van der Waals surface area (Å²) in [4.78, 5) is 60.4. The molecule has 46 heavy (non-hydrogen) atoms. The molecule has 5 amide bonds. The Balaban J connectivity index is 0.910. The standard InChI is InChI=1S/C30H36N4O11S/c35-20(11-34-21(36)9-10-22(34)37)32-28-26(40)25(39)27-18(44-28)13-43-29(45-27)16-7-5-15(6-8-16)12-42-23(38)4-2-1-3-19-24-17(14-46-19)31-30(41)33-24/h5-10,17-19,24-29,39-40H,1-4,11-14H2,(H,32,35)(H2,31,33,41)/t17-,18+,19-,24-,25+,26+,27?,28+,29?/m0/s1/i18+1,25+1,26+1,27+1,28+1. The Bertz CT molecular complexity index is 1360. The third-order valence-electron chi connectivity index (χ3n) is 8.59. The van der Waals surface area contributed by atoms with E-state index in [4.69, 9.17) is 18.9 Å². The van der Waals surface area contributed by atoms with Crippen LogP contribution in [0.1, 0.15) is 43.1 Å². The van der Waals surface area contributed by atoms with Crippen molar-refractivity contribution < 1.29 is 53.1 Å². The highest BCUT2D eigenvalue weighted by Gasteiger charge is 2.49. The van der Waals surface area contributed by atoms with Gasteiger partial charge in [0, 0.05) is 35.1 Å². The van der Waals surface area contributed by atoms with E-state index in [0.717, 1.165) is 41.2 Å². The number of aliphatic hydroxyl groups excluding tert-OH is 2. The highest BCUT2D eigenvalue weighted by atomic mass is 32.2. The molecule has 5 aliphatic rings. The van der Waals surface area contributed by atoms with Crippen LogP contribution in [0.2, 0.25) is 0 Å². The summed E-state index contributed by atoms with van der Waals surface area (Å²) in [6.07, 6.45) is -2.01. The number of ether oxygens (including phenoxy) is 4. The summed E-state index contributed by atoms with van der Waals surface area (Å²) in [6, 6.07) is 7.30. The first kappa shape index (κ1) is 32.4. The van der Waals surface area contributed by atoms with Crippen molar-refractivity contribution in [1.29, 1.82) is 0 Å². The maximum absolute atomic E-state index is 12.4. The van der Waals surface area contributed by atoms with E-state index in [2.05, 4.69) is 16.0 Å². The summed E-state index contributed by atoms with van der Waals surface area (Å²) in [5.74, 6) is -1.38. The number of fused-ring (bicyclic) bond motifs is 2. The van der Waals surface area contributed by atoms with E-state index in [1.54, 1.807) is 24.3 Å². The Morgan fingerprint density at radius 2 is 1.78 bits per heavy atom. The molecule has 0 bridgehead atoms. The molecular weight excluding hydrogens is 629 g/mol. The van der Waals surface area contributed by atoms with Crippen LogP contribution in [0.25, 0.3) is 0 Å². The summed E-state index contributed by atoms with van der Waals surface area (Å²) in [7, 11) is 0. The number of carbonyl (C=O) groups is 5. The number of aliphatic hydroxyl groups is 2. The summed E-state index contributed by atoms with van der Waals surface area (Å²) < 4.78 is 22.9. The molecular formula is C30H36N4O11S. The van der Waals surface area contributed by atoms with Crippen LogP contribution in [0.3, 0.4) is 0 Å². The Morgan fingerprint density at radius 1 is 1.02 bits per heavy atom. The van der Waals surface area contributed by atoms with Crippen molar-refractivity contribution in [3.63, 3.8) is 0 Å². The molecule has 0 saturated carbocycles. The molecule has 5 aliphatic heterocycles. The molecule has 1 aromatic rings. The van der Waals surface area contributed by atoms with Crippen LogP contribution in [-0.2, 0) is 44.7 Å². The van der Waals surface area contributed by atoms with Gasteiger partial charge in [-0.05, 0) is 18.4 Å². The number of rotatable bonds is 11. The van der Waals surface area contributed by atoms with Crippen molar-refractivity contribution in [2.45, 2.75) is 86.6 Å². The van der Waals surface area contributed by atoms with E-state index < -0.39 is 61.2 Å². The zero-order valence-corrected chi connectivity index (χ0v) is 25.6. The molecule has 248 valence electrons. The fraction of sp³-hybridized carbons (Fsp3) is 0.567. The van der Waals surface area contributed by atoms with Crippen LogP contribution in [0.5, 0.6) is 0 Å². The molecule has 9 atom stereocenters. The number of hydrogen-bond acceptors (Lipinski definition) is 12. The van der Waals surface area contributed by atoms with Crippen molar-refractivity contribution in [2.24, 2.45) is 0 Å². The number of nitrogens with one attached hydrogen (secondary N) is 3. The van der Waals surface area contributed by atoms with E-state index in [-0.39, 0.29) is 37.3 Å². The van der Waals surface area contributed by atoms with Crippen molar-refractivity contribution in [3.05, 3.63) is 47.5 Å². The minimum absolute atomic E-state index is 0.00986. The van der Waals surface area contributed by atoms with Gasteiger partial charge < -0.3 is 45.1 Å². The molecule has 15 nitrogen and oxygen atoms in total. The summed E-state index contributed by atoms with van der Waals surface area (Å²) in [6.45, 7) is -0.462. The van der Waals surface area contributed by atoms with E-state index in [9.17, 15) is 34.2 Å². The lowest BCUT2D eigenvalue weighted by Gasteiger charge is -2.46. The molecule has 1 aromatic carbocycles. The van der Waals surface area contributed by atoms with Crippen LogP contribution in [-0.4, -0.2) is 112 Å². The molecule has 4 fully saturated rings. The van der Waals surface area contributed by atoms with E-state index in [0.29, 0.717) is 23.7 Å². The number of esters is 1. The topological polar surface area (TPSA) is 202 Å². The van der Waals surface area contributed by atoms with Gasteiger partial charge >= 0.3 is 12.0 Å². The molecule has 0 aromatic heterocycles. The third kappa shape index (κ3) is 7.21. The quantitative estimate of drug-likeness (QED) is 0.0659. The van der Waals surface area contributed by atoms with Gasteiger partial charge in [-0.25, -0.2) is 4.79 Å². The predicted octanol–water partition coefficient (Wildman–Crippen LogP) is -0.642. The first-order valence-corrected chi connectivity index (χ1v) is 16.3. The van der Waals surface area contributed by atoms with E-state index in [1.165, 1.54) is 0 Å². The van der Waals surface area contributed by atoms with Gasteiger partial charge in [-0.2, -0.15) is 11.8 Å². The van der Waals surface area contributed by atoms with Crippen molar-refractivity contribution in [1.82, 2.24) is 20.9 Å². The summed E-state index contributed by atoms with van der Waals surface area (Å²) in [5, 5.41) is 30.1. The van der Waals surface area contributed by atoms with Crippen molar-refractivity contribution in [2.75, 3.05) is 18.9 Å². The zero-order valence-electron chi connectivity index (χ0n) is 24.7. The molecule has 6 rings (SSSR count). The smallest absolute Gasteiger partial charge is 0.315 e. The molecule has 0 aliphatic carbocycles. The molecule has 2 unspecified atom stereocenters. The maximum atomic E-state index is 12.4. The van der Waals surface area contributed by atoms with Gasteiger partial charge in [-0.3, -0.25) is 24.1 Å². The number of thioether (sulfide) groups is 1. The van der Waals surface area contributed by atoms with Crippen LogP contribution >= 0.6 is 11.8 Å². The number of carbonyl (C=O) groups excluding carboxylic acids is 5. The zero-order chi connectivity index (χ0) is 32.4. The van der Waals surface area contributed by atoms with Gasteiger partial charge in [-0.15, -0.1) is 0 Å². The first-order valence-electron chi connectivity index (χ1n) is 15.2. The minimum atomic E-state index is -1.55. The number of benzene rings is 1.